The van der Waals surface area contributed by atoms with E-state index in [4.69, 9.17) is 9.47 Å². The minimum atomic E-state index is -0.369. The first-order valence-electron chi connectivity index (χ1n) is 10.6. The summed E-state index contributed by atoms with van der Waals surface area (Å²) in [6.45, 7) is 11.4. The summed E-state index contributed by atoms with van der Waals surface area (Å²) < 4.78 is 11.7. The van der Waals surface area contributed by atoms with Gasteiger partial charge < -0.3 is 24.6 Å². The van der Waals surface area contributed by atoms with Crippen LogP contribution in [0.5, 0.6) is 0 Å². The average molecular weight is 398 g/mol. The summed E-state index contributed by atoms with van der Waals surface area (Å²) in [5.74, 6) is 2.16. The smallest absolute Gasteiger partial charge is 0.171 e. The lowest BCUT2D eigenvalue weighted by Gasteiger charge is -2.38. The Morgan fingerprint density at radius 3 is 2.31 bits per heavy atom. The molecule has 0 bridgehead atoms. The van der Waals surface area contributed by atoms with Gasteiger partial charge in [-0.25, -0.2) is 9.97 Å². The van der Waals surface area contributed by atoms with Crippen molar-refractivity contribution in [2.24, 2.45) is 0 Å². The zero-order valence-electron chi connectivity index (χ0n) is 17.6. The summed E-state index contributed by atoms with van der Waals surface area (Å²) in [5, 5.41) is 3.43. The van der Waals surface area contributed by atoms with Crippen LogP contribution in [-0.4, -0.2) is 55.1 Å². The third-order valence-electron chi connectivity index (χ3n) is 5.76. The Labute approximate surface area is 173 Å². The number of rotatable bonds is 6. The molecule has 4 rings (SSSR count). The highest BCUT2D eigenvalue weighted by Gasteiger charge is 2.40. The van der Waals surface area contributed by atoms with Gasteiger partial charge >= 0.3 is 0 Å². The molecule has 1 aromatic carbocycles. The van der Waals surface area contributed by atoms with Gasteiger partial charge in [-0.05, 0) is 45.0 Å². The number of nitrogens with zero attached hydrogens (tertiary/aromatic N) is 4. The molecule has 2 fully saturated rings. The molecule has 0 radical (unpaired) electrons. The second-order valence-electron chi connectivity index (χ2n) is 7.60. The van der Waals surface area contributed by atoms with Crippen LogP contribution in [0.1, 0.15) is 32.5 Å². The van der Waals surface area contributed by atoms with Crippen LogP contribution in [0.3, 0.4) is 0 Å². The highest BCUT2D eigenvalue weighted by atomic mass is 16.7. The number of piperidine rings is 1. The van der Waals surface area contributed by atoms with Gasteiger partial charge in [-0.1, -0.05) is 0 Å². The summed E-state index contributed by atoms with van der Waals surface area (Å²) in [5.41, 5.74) is 2.26. The number of anilines is 4. The van der Waals surface area contributed by atoms with Crippen LogP contribution in [0.4, 0.5) is 23.0 Å². The predicted octanol–water partition coefficient (Wildman–Crippen LogP) is 3.72. The van der Waals surface area contributed by atoms with Crippen LogP contribution in [0.25, 0.3) is 0 Å². The van der Waals surface area contributed by atoms with Gasteiger partial charge in [0.05, 0.1) is 13.2 Å². The predicted molar refractivity (Wildman–Crippen MR) is 116 cm³/mol. The van der Waals surface area contributed by atoms with Crippen molar-refractivity contribution in [3.05, 3.63) is 36.2 Å². The summed E-state index contributed by atoms with van der Waals surface area (Å²) in [6, 6.07) is 10.5. The molecule has 0 aliphatic carbocycles. The van der Waals surface area contributed by atoms with Gasteiger partial charge in [0.1, 0.15) is 17.5 Å². The summed E-state index contributed by atoms with van der Waals surface area (Å²) in [7, 11) is 0. The second kappa shape index (κ2) is 8.55. The van der Waals surface area contributed by atoms with E-state index < -0.39 is 0 Å². The SMILES string of the molecule is CCN(CC)c1ccc(Nc2cc(N3CCC4(CC3)OCCO4)nc(C)n2)cc1. The first-order chi connectivity index (χ1) is 14.1. The number of hydrogen-bond acceptors (Lipinski definition) is 7. The molecular weight excluding hydrogens is 366 g/mol. The maximum Gasteiger partial charge on any atom is 0.171 e. The van der Waals surface area contributed by atoms with Crippen molar-refractivity contribution in [2.75, 3.05) is 54.5 Å². The quantitative estimate of drug-likeness (QED) is 0.797. The molecule has 0 saturated carbocycles. The molecule has 2 aliphatic rings. The third kappa shape index (κ3) is 4.46. The van der Waals surface area contributed by atoms with E-state index in [-0.39, 0.29) is 5.79 Å². The maximum absolute atomic E-state index is 5.84. The first kappa shape index (κ1) is 19.9. The molecule has 156 valence electrons. The lowest BCUT2D eigenvalue weighted by Crippen LogP contribution is -2.45. The topological polar surface area (TPSA) is 62.8 Å². The van der Waals surface area contributed by atoms with Gasteiger partial charge in [-0.2, -0.15) is 0 Å². The molecule has 0 atom stereocenters. The van der Waals surface area contributed by atoms with Crippen molar-refractivity contribution in [1.29, 1.82) is 0 Å². The van der Waals surface area contributed by atoms with E-state index in [1.807, 2.05) is 13.0 Å². The van der Waals surface area contributed by atoms with Crippen LogP contribution < -0.4 is 15.1 Å². The van der Waals surface area contributed by atoms with Crippen molar-refractivity contribution in [3.8, 4) is 0 Å². The molecule has 3 heterocycles. The molecule has 7 heteroatoms. The molecule has 1 aromatic heterocycles. The number of ether oxygens (including phenoxy) is 2. The lowest BCUT2D eigenvalue weighted by atomic mass is 10.0. The van der Waals surface area contributed by atoms with Crippen molar-refractivity contribution < 1.29 is 9.47 Å². The number of benzene rings is 1. The molecule has 2 saturated heterocycles. The average Bonchev–Trinajstić information content (AvgIpc) is 3.18. The monoisotopic (exact) mass is 397 g/mol. The molecule has 29 heavy (non-hydrogen) atoms. The summed E-state index contributed by atoms with van der Waals surface area (Å²) >= 11 is 0. The molecule has 1 spiro atoms. The third-order valence-corrected chi connectivity index (χ3v) is 5.76. The second-order valence-corrected chi connectivity index (χ2v) is 7.60. The van der Waals surface area contributed by atoms with Gasteiger partial charge in [0.25, 0.3) is 0 Å². The molecule has 1 N–H and O–H groups in total. The Morgan fingerprint density at radius 1 is 1.03 bits per heavy atom. The van der Waals surface area contributed by atoms with Crippen molar-refractivity contribution >= 4 is 23.0 Å². The molecular formula is C22H31N5O2. The van der Waals surface area contributed by atoms with Crippen LogP contribution in [0.15, 0.2) is 30.3 Å². The Balaban J connectivity index is 1.45. The van der Waals surface area contributed by atoms with Crippen LogP contribution >= 0.6 is 0 Å². The largest absolute Gasteiger partial charge is 0.372 e. The Kier molecular flexibility index (Phi) is 5.87. The number of aryl methyl sites for hydroxylation is 1. The van der Waals surface area contributed by atoms with Crippen LogP contribution in [-0.2, 0) is 9.47 Å². The Morgan fingerprint density at radius 2 is 1.69 bits per heavy atom. The minimum absolute atomic E-state index is 0.369. The summed E-state index contributed by atoms with van der Waals surface area (Å²) in [4.78, 5) is 13.9. The molecule has 0 amide bonds. The normalized spacial score (nSPS) is 18.2. The Bertz CT molecular complexity index is 806. The summed E-state index contributed by atoms with van der Waals surface area (Å²) in [6.07, 6.45) is 1.73. The number of hydrogen-bond donors (Lipinski definition) is 1. The van der Waals surface area contributed by atoms with E-state index in [0.717, 1.165) is 62.2 Å². The lowest BCUT2D eigenvalue weighted by molar-refractivity contribution is -0.169. The maximum atomic E-state index is 5.84. The van der Waals surface area contributed by atoms with Crippen molar-refractivity contribution in [2.45, 2.75) is 39.4 Å². The number of aromatic nitrogens is 2. The van der Waals surface area contributed by atoms with Crippen LogP contribution in [0, 0.1) is 6.92 Å². The van der Waals surface area contributed by atoms with Gasteiger partial charge in [-0.15, -0.1) is 0 Å². The van der Waals surface area contributed by atoms with Gasteiger partial charge in [-0.3, -0.25) is 0 Å². The fraction of sp³-hybridized carbons (Fsp3) is 0.545. The minimum Gasteiger partial charge on any atom is -0.372 e. The molecule has 2 aromatic rings. The molecule has 2 aliphatic heterocycles. The van der Waals surface area contributed by atoms with Gasteiger partial charge in [0.2, 0.25) is 0 Å². The Hall–Kier alpha value is -2.38. The van der Waals surface area contributed by atoms with Gasteiger partial charge in [0, 0.05) is 56.5 Å². The molecule has 7 nitrogen and oxygen atoms in total. The van der Waals surface area contributed by atoms with Crippen molar-refractivity contribution in [3.63, 3.8) is 0 Å². The zero-order valence-corrected chi connectivity index (χ0v) is 17.6. The highest BCUT2D eigenvalue weighted by Crippen LogP contribution is 2.33. The van der Waals surface area contributed by atoms with E-state index in [0.29, 0.717) is 13.2 Å². The van der Waals surface area contributed by atoms with E-state index in [9.17, 15) is 0 Å². The fourth-order valence-electron chi connectivity index (χ4n) is 4.13. The standard InChI is InChI=1S/C22H31N5O2/c1-4-26(5-2)19-8-6-18(7-9-19)25-20-16-21(24-17(3)23-20)27-12-10-22(11-13-27)28-14-15-29-22/h6-9,16H,4-5,10-15H2,1-3H3,(H,23,24,25). The fourth-order valence-corrected chi connectivity index (χ4v) is 4.13. The van der Waals surface area contributed by atoms with E-state index in [1.165, 1.54) is 5.69 Å². The first-order valence-corrected chi connectivity index (χ1v) is 10.6. The van der Waals surface area contributed by atoms with E-state index in [2.05, 4.69) is 63.2 Å². The zero-order chi connectivity index (χ0) is 20.3. The van der Waals surface area contributed by atoms with Crippen LogP contribution in [0.2, 0.25) is 0 Å². The number of nitrogens with one attached hydrogen (secondary N) is 1. The van der Waals surface area contributed by atoms with Gasteiger partial charge in [0.15, 0.2) is 5.79 Å². The molecule has 0 unspecified atom stereocenters. The highest BCUT2D eigenvalue weighted by molar-refractivity contribution is 5.63. The van der Waals surface area contributed by atoms with E-state index in [1.54, 1.807) is 0 Å². The van der Waals surface area contributed by atoms with E-state index >= 15 is 0 Å². The van der Waals surface area contributed by atoms with Crippen molar-refractivity contribution in [1.82, 2.24) is 9.97 Å².